The minimum atomic E-state index is 0.575. The minimum absolute atomic E-state index is 0.575. The second kappa shape index (κ2) is 4.11. The highest BCUT2D eigenvalue weighted by Crippen LogP contribution is 2.48. The van der Waals surface area contributed by atoms with Gasteiger partial charge in [-0.25, -0.2) is 0 Å². The zero-order chi connectivity index (χ0) is 12.7. The van der Waals surface area contributed by atoms with E-state index in [2.05, 4.69) is 35.3 Å². The predicted molar refractivity (Wildman–Crippen MR) is 70.2 cm³/mol. The van der Waals surface area contributed by atoms with E-state index in [4.69, 9.17) is 5.26 Å². The molecule has 2 atom stereocenters. The molecule has 1 aromatic heterocycles. The fraction of sp³-hybridized carbons (Fsp3) is 0.429. The van der Waals surface area contributed by atoms with Crippen molar-refractivity contribution in [2.24, 2.45) is 5.92 Å². The number of benzene rings is 1. The van der Waals surface area contributed by atoms with E-state index in [1.165, 1.54) is 12.1 Å². The van der Waals surface area contributed by atoms with E-state index >= 15 is 0 Å². The lowest BCUT2D eigenvalue weighted by molar-refractivity contribution is 0.385. The molecule has 2 unspecified atom stereocenters. The van der Waals surface area contributed by atoms with Crippen molar-refractivity contribution in [3.05, 3.63) is 29.5 Å². The summed E-state index contributed by atoms with van der Waals surface area (Å²) in [6.45, 7) is 1.11. The third-order valence-electron chi connectivity index (χ3n) is 3.61. The Morgan fingerprint density at radius 3 is 3.06 bits per heavy atom. The first-order valence-corrected chi connectivity index (χ1v) is 6.22. The van der Waals surface area contributed by atoms with Crippen LogP contribution in [-0.2, 0) is 0 Å². The summed E-state index contributed by atoms with van der Waals surface area (Å²) in [5.41, 5.74) is 2.86. The molecule has 0 radical (unpaired) electrons. The van der Waals surface area contributed by atoms with Gasteiger partial charge in [-0.3, -0.25) is 5.10 Å². The first-order valence-electron chi connectivity index (χ1n) is 6.22. The van der Waals surface area contributed by atoms with Crippen molar-refractivity contribution in [1.82, 2.24) is 15.1 Å². The molecule has 1 fully saturated rings. The molecule has 4 nitrogen and oxygen atoms in total. The van der Waals surface area contributed by atoms with Crippen molar-refractivity contribution < 1.29 is 0 Å². The summed E-state index contributed by atoms with van der Waals surface area (Å²) >= 11 is 0. The highest BCUT2D eigenvalue weighted by Gasteiger charge is 2.40. The van der Waals surface area contributed by atoms with Gasteiger partial charge >= 0.3 is 0 Å². The van der Waals surface area contributed by atoms with Gasteiger partial charge in [-0.1, -0.05) is 0 Å². The maximum atomic E-state index is 8.96. The normalized spacial score (nSPS) is 22.3. The minimum Gasteiger partial charge on any atom is -0.309 e. The summed E-state index contributed by atoms with van der Waals surface area (Å²) < 4.78 is 0. The number of nitrogens with zero attached hydrogens (tertiary/aromatic N) is 3. The molecule has 1 aliphatic rings. The molecule has 1 saturated carbocycles. The Bertz CT molecular complexity index is 620. The lowest BCUT2D eigenvalue weighted by atomic mass is 10.1. The maximum Gasteiger partial charge on any atom is 0.0991 e. The first-order chi connectivity index (χ1) is 8.69. The molecule has 4 heteroatoms. The van der Waals surface area contributed by atoms with Crippen LogP contribution >= 0.6 is 0 Å². The summed E-state index contributed by atoms with van der Waals surface area (Å²) in [5, 5.41) is 17.5. The molecule has 0 aliphatic heterocycles. The van der Waals surface area contributed by atoms with Gasteiger partial charge in [0.15, 0.2) is 0 Å². The number of aromatic amines is 1. The van der Waals surface area contributed by atoms with Crippen LogP contribution in [0.4, 0.5) is 0 Å². The molecule has 1 aliphatic carbocycles. The zero-order valence-electron chi connectivity index (χ0n) is 10.6. The van der Waals surface area contributed by atoms with Gasteiger partial charge in [0.1, 0.15) is 0 Å². The van der Waals surface area contributed by atoms with Crippen molar-refractivity contribution in [2.75, 3.05) is 20.6 Å². The van der Waals surface area contributed by atoms with Crippen LogP contribution in [0.1, 0.15) is 23.6 Å². The Labute approximate surface area is 106 Å². The van der Waals surface area contributed by atoms with Gasteiger partial charge in [0.25, 0.3) is 0 Å². The van der Waals surface area contributed by atoms with Crippen LogP contribution in [0.5, 0.6) is 0 Å². The van der Waals surface area contributed by atoms with Crippen molar-refractivity contribution in [2.45, 2.75) is 12.3 Å². The number of rotatable bonds is 3. The molecule has 1 heterocycles. The Balaban J connectivity index is 1.92. The fourth-order valence-corrected chi connectivity index (χ4v) is 2.65. The van der Waals surface area contributed by atoms with Gasteiger partial charge in [0.2, 0.25) is 0 Å². The number of fused-ring (bicyclic) bond motifs is 1. The number of nitriles is 1. The topological polar surface area (TPSA) is 55.7 Å². The van der Waals surface area contributed by atoms with Crippen LogP contribution < -0.4 is 0 Å². The molecular weight excluding hydrogens is 224 g/mol. The highest BCUT2D eigenvalue weighted by atomic mass is 15.1. The van der Waals surface area contributed by atoms with Gasteiger partial charge in [-0.05, 0) is 44.6 Å². The number of aromatic nitrogens is 2. The Hall–Kier alpha value is -1.86. The van der Waals surface area contributed by atoms with Crippen molar-refractivity contribution in [3.8, 4) is 6.07 Å². The largest absolute Gasteiger partial charge is 0.309 e. The molecule has 3 rings (SSSR count). The Kier molecular flexibility index (Phi) is 2.57. The van der Waals surface area contributed by atoms with Crippen molar-refractivity contribution in [1.29, 1.82) is 5.26 Å². The number of hydrogen-bond acceptors (Lipinski definition) is 3. The maximum absolute atomic E-state index is 8.96. The van der Waals surface area contributed by atoms with Gasteiger partial charge in [-0.15, -0.1) is 0 Å². The molecule has 0 saturated heterocycles. The van der Waals surface area contributed by atoms with Gasteiger partial charge in [0, 0.05) is 23.5 Å². The molecular formula is C14H16N4. The smallest absolute Gasteiger partial charge is 0.0991 e. The average Bonchev–Trinajstić information content (AvgIpc) is 2.97. The van der Waals surface area contributed by atoms with Crippen LogP contribution in [0, 0.1) is 17.2 Å². The van der Waals surface area contributed by atoms with Crippen molar-refractivity contribution in [3.63, 3.8) is 0 Å². The van der Waals surface area contributed by atoms with Crippen molar-refractivity contribution >= 4 is 10.9 Å². The number of nitrogens with one attached hydrogen (secondary N) is 1. The molecule has 0 spiro atoms. The van der Waals surface area contributed by atoms with E-state index in [-0.39, 0.29) is 0 Å². The summed E-state index contributed by atoms with van der Waals surface area (Å²) in [6.07, 6.45) is 1.21. The van der Waals surface area contributed by atoms with E-state index in [1.807, 2.05) is 18.2 Å². The van der Waals surface area contributed by atoms with E-state index in [1.54, 1.807) is 0 Å². The third-order valence-corrected chi connectivity index (χ3v) is 3.61. The monoisotopic (exact) mass is 240 g/mol. The van der Waals surface area contributed by atoms with Crippen LogP contribution in [0.3, 0.4) is 0 Å². The van der Waals surface area contributed by atoms with E-state index < -0.39 is 0 Å². The lowest BCUT2D eigenvalue weighted by Crippen LogP contribution is -2.15. The molecule has 0 bridgehead atoms. The fourth-order valence-electron chi connectivity index (χ4n) is 2.65. The number of H-pyrrole nitrogens is 1. The summed E-state index contributed by atoms with van der Waals surface area (Å²) in [5.74, 6) is 1.29. The summed E-state index contributed by atoms with van der Waals surface area (Å²) in [6, 6.07) is 7.86. The van der Waals surface area contributed by atoms with Crippen LogP contribution in [0.2, 0.25) is 0 Å². The Morgan fingerprint density at radius 1 is 1.50 bits per heavy atom. The van der Waals surface area contributed by atoms with Crippen LogP contribution in [-0.4, -0.2) is 35.7 Å². The first kappa shape index (κ1) is 11.2. The SMILES string of the molecule is CN(C)CC1CC1c1[nH]nc2ccc(C#N)cc12. The van der Waals surface area contributed by atoms with Crippen LogP contribution in [0.25, 0.3) is 10.9 Å². The predicted octanol–water partition coefficient (Wildman–Crippen LogP) is 2.10. The van der Waals surface area contributed by atoms with E-state index in [0.29, 0.717) is 11.5 Å². The standard InChI is InChI=1S/C14H16N4/c1-18(2)8-10-6-11(10)14-12-5-9(7-15)3-4-13(12)16-17-14/h3-5,10-11H,6,8H2,1-2H3,(H,16,17). The third kappa shape index (κ3) is 1.87. The molecule has 92 valence electrons. The van der Waals surface area contributed by atoms with E-state index in [9.17, 15) is 0 Å². The molecule has 1 aromatic carbocycles. The number of hydrogen-bond donors (Lipinski definition) is 1. The molecule has 2 aromatic rings. The summed E-state index contributed by atoms with van der Waals surface area (Å²) in [7, 11) is 4.21. The average molecular weight is 240 g/mol. The molecule has 0 amide bonds. The van der Waals surface area contributed by atoms with Gasteiger partial charge in [0.05, 0.1) is 17.1 Å². The summed E-state index contributed by atoms with van der Waals surface area (Å²) in [4.78, 5) is 2.23. The quantitative estimate of drug-likeness (QED) is 0.893. The van der Waals surface area contributed by atoms with Gasteiger partial charge in [-0.2, -0.15) is 10.4 Å². The van der Waals surface area contributed by atoms with Crippen LogP contribution in [0.15, 0.2) is 18.2 Å². The van der Waals surface area contributed by atoms with Gasteiger partial charge < -0.3 is 4.90 Å². The highest BCUT2D eigenvalue weighted by molar-refractivity contribution is 5.83. The Morgan fingerprint density at radius 2 is 2.33 bits per heavy atom. The molecule has 18 heavy (non-hydrogen) atoms. The zero-order valence-corrected chi connectivity index (χ0v) is 10.6. The second-order valence-electron chi connectivity index (χ2n) is 5.35. The van der Waals surface area contributed by atoms with E-state index in [0.717, 1.165) is 23.4 Å². The lowest BCUT2D eigenvalue weighted by Gasteiger charge is -2.07. The second-order valence-corrected chi connectivity index (χ2v) is 5.35. The molecule has 1 N–H and O–H groups in total.